The van der Waals surface area contributed by atoms with E-state index in [2.05, 4.69) is 75.1 Å². The van der Waals surface area contributed by atoms with Gasteiger partial charge in [0.05, 0.1) is 0 Å². The van der Waals surface area contributed by atoms with Crippen LogP contribution in [-0.2, 0) is 0 Å². The van der Waals surface area contributed by atoms with E-state index in [0.29, 0.717) is 0 Å². The second-order valence-electron chi connectivity index (χ2n) is 20.5. The maximum absolute atomic E-state index is 2.53. The summed E-state index contributed by atoms with van der Waals surface area (Å²) in [6.07, 6.45) is 69.6. The Labute approximate surface area is 418 Å². The molecule has 0 aliphatic carbocycles. The van der Waals surface area contributed by atoms with Crippen molar-refractivity contribution in [3.63, 3.8) is 0 Å². The van der Waals surface area contributed by atoms with Crippen LogP contribution in [0.25, 0.3) is 0 Å². The lowest BCUT2D eigenvalue weighted by Crippen LogP contribution is -1.92. The molecule has 0 amide bonds. The quantitative estimate of drug-likeness (QED) is 0.0472. The molecule has 0 radical (unpaired) electrons. The van der Waals surface area contributed by atoms with Gasteiger partial charge in [-0.25, -0.2) is 0 Å². The number of hydrogen-bond acceptors (Lipinski definition) is 3. The molecular formula is C61H116S3. The van der Waals surface area contributed by atoms with Gasteiger partial charge in [-0.05, 0) is 61.1 Å². The molecule has 0 aliphatic rings. The molecule has 0 aliphatic heterocycles. The van der Waals surface area contributed by atoms with Crippen LogP contribution < -0.4 is 0 Å². The molecule has 0 saturated heterocycles. The fourth-order valence-corrected chi connectivity index (χ4v) is 13.4. The van der Waals surface area contributed by atoms with Gasteiger partial charge in [0.15, 0.2) is 0 Å². The van der Waals surface area contributed by atoms with Crippen LogP contribution >= 0.6 is 35.3 Å². The van der Waals surface area contributed by atoms with Gasteiger partial charge < -0.3 is 0 Å². The Hall–Kier alpha value is 0.270. The fourth-order valence-electron chi connectivity index (χ4n) is 9.55. The van der Waals surface area contributed by atoms with Crippen molar-refractivity contribution < 1.29 is 0 Å². The Kier molecular flexibility index (Phi) is 51.2. The molecule has 0 unspecified atom stereocenters. The first-order valence-corrected chi connectivity index (χ1v) is 32.7. The Morgan fingerprint density at radius 1 is 0.234 bits per heavy atom. The summed E-state index contributed by atoms with van der Waals surface area (Å²) in [4.78, 5) is 4.82. The molecule has 0 nitrogen and oxygen atoms in total. The largest absolute Gasteiger partial charge is 0.125 e. The molecule has 0 heterocycles. The van der Waals surface area contributed by atoms with E-state index in [1.165, 1.54) is 331 Å². The Bertz CT molecular complexity index is 977. The van der Waals surface area contributed by atoms with Gasteiger partial charge in [-0.3, -0.25) is 0 Å². The lowest BCUT2D eigenvalue weighted by molar-refractivity contribution is 0.531. The van der Waals surface area contributed by atoms with Gasteiger partial charge in [0.25, 0.3) is 0 Å². The third-order valence-corrected chi connectivity index (χ3v) is 17.7. The molecule has 64 heavy (non-hydrogen) atoms. The van der Waals surface area contributed by atoms with E-state index in [4.69, 9.17) is 0 Å². The third kappa shape index (κ3) is 43.5. The van der Waals surface area contributed by atoms with Crippen LogP contribution in [0.15, 0.2) is 26.8 Å². The van der Waals surface area contributed by atoms with Crippen LogP contribution in [0.4, 0.5) is 0 Å². The van der Waals surface area contributed by atoms with Crippen molar-refractivity contribution in [2.75, 3.05) is 17.3 Å². The Morgan fingerprint density at radius 3 is 0.609 bits per heavy atom. The molecule has 0 saturated carbocycles. The zero-order valence-corrected chi connectivity index (χ0v) is 46.9. The normalized spacial score (nSPS) is 11.7. The Balaban J connectivity index is 2.35. The average molecular weight is 946 g/mol. The average Bonchev–Trinajstić information content (AvgIpc) is 3.30. The maximum Gasteiger partial charge on any atom is 0.0344 e. The number of aryl methyl sites for hydroxylation is 1. The number of hydrogen-bond donors (Lipinski definition) is 0. The standard InChI is InChI=1S/C61H116S3/c1-5-8-11-14-17-20-23-26-29-32-35-38-41-44-47-50-53-62-59-56-58(4)57-60(63-54-51-48-45-42-39-36-33-30-27-24-21-18-15-12-9-6-2)61(59)64-55-52-49-46-43-40-37-34-31-28-25-22-19-16-13-10-7-3/h56-57H,5-55H2,1-4H3. The number of rotatable bonds is 54. The maximum atomic E-state index is 2.53. The van der Waals surface area contributed by atoms with E-state index < -0.39 is 0 Å². The molecule has 1 aromatic rings. The SMILES string of the molecule is CCCCCCCCCCCCCCCCCCSc1cc(C)cc(SCCCCCCCCCCCCCCCCCC)c1SCCCCCCCCCCCCCCCCCC. The summed E-state index contributed by atoms with van der Waals surface area (Å²) in [6.45, 7) is 9.30. The highest BCUT2D eigenvalue weighted by Crippen LogP contribution is 2.41. The highest BCUT2D eigenvalue weighted by molar-refractivity contribution is 8.03. The van der Waals surface area contributed by atoms with Gasteiger partial charge in [0.2, 0.25) is 0 Å². The molecule has 3 heteroatoms. The van der Waals surface area contributed by atoms with Gasteiger partial charge >= 0.3 is 0 Å². The first-order chi connectivity index (χ1) is 31.7. The predicted octanol–water partition coefficient (Wildman–Crippen LogP) is 24.1. The van der Waals surface area contributed by atoms with Gasteiger partial charge in [0.1, 0.15) is 0 Å². The zero-order chi connectivity index (χ0) is 45.9. The fraction of sp³-hybridized carbons (Fsp3) is 0.902. The van der Waals surface area contributed by atoms with Crippen LogP contribution in [0.5, 0.6) is 0 Å². The van der Waals surface area contributed by atoms with E-state index in [0.717, 1.165) is 0 Å². The molecule has 1 aromatic carbocycles. The van der Waals surface area contributed by atoms with Crippen molar-refractivity contribution in [1.82, 2.24) is 0 Å². The minimum absolute atomic E-state index is 1.29. The summed E-state index contributed by atoms with van der Waals surface area (Å²) in [5, 5.41) is 0. The highest BCUT2D eigenvalue weighted by Gasteiger charge is 2.13. The highest BCUT2D eigenvalue weighted by atomic mass is 32.2. The first kappa shape index (κ1) is 62.3. The lowest BCUT2D eigenvalue weighted by atomic mass is 10.0. The predicted molar refractivity (Wildman–Crippen MR) is 302 cm³/mol. The van der Waals surface area contributed by atoms with Crippen LogP contribution in [-0.4, -0.2) is 17.3 Å². The van der Waals surface area contributed by atoms with Crippen LogP contribution in [0.2, 0.25) is 0 Å². The molecule has 0 atom stereocenters. The molecular weight excluding hydrogens is 829 g/mol. The number of thioether (sulfide) groups is 3. The molecule has 0 N–H and O–H groups in total. The van der Waals surface area contributed by atoms with Crippen molar-refractivity contribution in [3.05, 3.63) is 17.7 Å². The summed E-state index contributed by atoms with van der Waals surface area (Å²) in [5.74, 6) is 3.87. The molecule has 0 fully saturated rings. The van der Waals surface area contributed by atoms with E-state index in [-0.39, 0.29) is 0 Å². The third-order valence-electron chi connectivity index (χ3n) is 13.9. The minimum Gasteiger partial charge on any atom is -0.125 e. The van der Waals surface area contributed by atoms with E-state index in [9.17, 15) is 0 Å². The van der Waals surface area contributed by atoms with Crippen LogP contribution in [0.1, 0.15) is 335 Å². The van der Waals surface area contributed by atoms with Crippen molar-refractivity contribution in [1.29, 1.82) is 0 Å². The Morgan fingerprint density at radius 2 is 0.406 bits per heavy atom. The van der Waals surface area contributed by atoms with Crippen molar-refractivity contribution in [2.24, 2.45) is 0 Å². The van der Waals surface area contributed by atoms with E-state index in [1.807, 2.05) is 0 Å². The second-order valence-corrected chi connectivity index (χ2v) is 23.9. The first-order valence-electron chi connectivity index (χ1n) is 29.8. The smallest absolute Gasteiger partial charge is 0.0344 e. The van der Waals surface area contributed by atoms with Gasteiger partial charge in [-0.2, -0.15) is 0 Å². The van der Waals surface area contributed by atoms with Gasteiger partial charge in [-0.1, -0.05) is 310 Å². The zero-order valence-electron chi connectivity index (χ0n) is 44.4. The van der Waals surface area contributed by atoms with E-state index >= 15 is 0 Å². The monoisotopic (exact) mass is 945 g/mol. The summed E-state index contributed by atoms with van der Waals surface area (Å²) < 4.78 is 0. The molecule has 378 valence electrons. The van der Waals surface area contributed by atoms with Gasteiger partial charge in [0, 0.05) is 14.7 Å². The van der Waals surface area contributed by atoms with Crippen LogP contribution in [0, 0.1) is 6.92 Å². The summed E-state index contributed by atoms with van der Waals surface area (Å²) >= 11 is 6.57. The number of unbranched alkanes of at least 4 members (excludes halogenated alkanes) is 45. The molecule has 1 rings (SSSR count). The van der Waals surface area contributed by atoms with Gasteiger partial charge in [-0.15, -0.1) is 35.3 Å². The number of benzene rings is 1. The lowest BCUT2D eigenvalue weighted by Gasteiger charge is -2.16. The van der Waals surface area contributed by atoms with E-state index in [1.54, 1.807) is 14.7 Å². The summed E-state index contributed by atoms with van der Waals surface area (Å²) in [6, 6.07) is 5.07. The second kappa shape index (κ2) is 52.6. The molecule has 0 bridgehead atoms. The van der Waals surface area contributed by atoms with Crippen LogP contribution in [0.3, 0.4) is 0 Å². The summed E-state index contributed by atoms with van der Waals surface area (Å²) in [7, 11) is 0. The summed E-state index contributed by atoms with van der Waals surface area (Å²) in [5.41, 5.74) is 1.47. The topological polar surface area (TPSA) is 0 Å². The van der Waals surface area contributed by atoms with Crippen molar-refractivity contribution >= 4 is 35.3 Å². The van der Waals surface area contributed by atoms with Crippen molar-refractivity contribution in [3.8, 4) is 0 Å². The van der Waals surface area contributed by atoms with Crippen molar-refractivity contribution in [2.45, 2.75) is 351 Å². The molecule has 0 spiro atoms. The molecule has 0 aromatic heterocycles. The minimum atomic E-state index is 1.29.